The van der Waals surface area contributed by atoms with Gasteiger partial charge in [0.1, 0.15) is 5.75 Å². The van der Waals surface area contributed by atoms with Crippen LogP contribution in [0.3, 0.4) is 0 Å². The Kier molecular flexibility index (Phi) is 5.04. The maximum absolute atomic E-state index is 12.1. The number of carbonyl (C=O) groups excluding carboxylic acids is 1. The molecular formula is C14H13F3N2O2S. The van der Waals surface area contributed by atoms with Gasteiger partial charge in [-0.05, 0) is 23.6 Å². The lowest BCUT2D eigenvalue weighted by Crippen LogP contribution is -2.37. The molecule has 2 aromatic rings. The molecule has 8 heteroatoms. The number of hydrogen-bond donors (Lipinski definition) is 2. The molecule has 4 nitrogen and oxygen atoms in total. The zero-order chi connectivity index (χ0) is 16.2. The Balaban J connectivity index is 1.97. The SMILES string of the molecule is NC(Cc1cccs1)C(=O)Nc1cccc(OC(F)(F)F)c1. The number of nitrogens with one attached hydrogen (secondary N) is 1. The first kappa shape index (κ1) is 16.3. The van der Waals surface area contributed by atoms with Crippen LogP contribution in [0.25, 0.3) is 0 Å². The van der Waals surface area contributed by atoms with Crippen LogP contribution in [-0.2, 0) is 11.2 Å². The molecule has 0 fully saturated rings. The number of nitrogens with two attached hydrogens (primary N) is 1. The number of thiophene rings is 1. The number of anilines is 1. The first-order valence-electron chi connectivity index (χ1n) is 6.28. The van der Waals surface area contributed by atoms with E-state index in [1.807, 2.05) is 17.5 Å². The third-order valence-electron chi connectivity index (χ3n) is 2.67. The summed E-state index contributed by atoms with van der Waals surface area (Å²) in [6.07, 6.45) is -4.42. The normalized spacial score (nSPS) is 12.7. The van der Waals surface area contributed by atoms with Crippen LogP contribution in [0.2, 0.25) is 0 Å². The highest BCUT2D eigenvalue weighted by Gasteiger charge is 2.31. The molecule has 2 rings (SSSR count). The maximum Gasteiger partial charge on any atom is 0.573 e. The van der Waals surface area contributed by atoms with Gasteiger partial charge in [-0.25, -0.2) is 0 Å². The second-order valence-electron chi connectivity index (χ2n) is 4.45. The van der Waals surface area contributed by atoms with Crippen molar-refractivity contribution < 1.29 is 22.7 Å². The Morgan fingerprint density at radius 1 is 1.32 bits per heavy atom. The first-order valence-corrected chi connectivity index (χ1v) is 7.16. The zero-order valence-corrected chi connectivity index (χ0v) is 12.1. The smallest absolute Gasteiger partial charge is 0.406 e. The lowest BCUT2D eigenvalue weighted by molar-refractivity contribution is -0.274. The molecule has 22 heavy (non-hydrogen) atoms. The van der Waals surface area contributed by atoms with E-state index in [4.69, 9.17) is 5.73 Å². The van der Waals surface area contributed by atoms with Gasteiger partial charge in [0.2, 0.25) is 5.91 Å². The molecule has 118 valence electrons. The van der Waals surface area contributed by atoms with Gasteiger partial charge in [0, 0.05) is 23.1 Å². The predicted molar refractivity (Wildman–Crippen MR) is 77.8 cm³/mol. The van der Waals surface area contributed by atoms with Crippen molar-refractivity contribution in [2.75, 3.05) is 5.32 Å². The minimum atomic E-state index is -4.78. The summed E-state index contributed by atoms with van der Waals surface area (Å²) in [4.78, 5) is 12.9. The van der Waals surface area contributed by atoms with E-state index in [1.54, 1.807) is 0 Å². The van der Waals surface area contributed by atoms with Crippen molar-refractivity contribution in [1.29, 1.82) is 0 Å². The van der Waals surface area contributed by atoms with E-state index in [2.05, 4.69) is 10.1 Å². The van der Waals surface area contributed by atoms with E-state index >= 15 is 0 Å². The van der Waals surface area contributed by atoms with Crippen molar-refractivity contribution in [3.63, 3.8) is 0 Å². The number of amides is 1. The Morgan fingerprint density at radius 2 is 2.09 bits per heavy atom. The van der Waals surface area contributed by atoms with E-state index < -0.39 is 24.1 Å². The summed E-state index contributed by atoms with van der Waals surface area (Å²) in [7, 11) is 0. The van der Waals surface area contributed by atoms with Gasteiger partial charge in [-0.3, -0.25) is 4.79 Å². The number of ether oxygens (including phenoxy) is 1. The second kappa shape index (κ2) is 6.80. The van der Waals surface area contributed by atoms with Crippen LogP contribution in [0, 0.1) is 0 Å². The van der Waals surface area contributed by atoms with Crippen LogP contribution >= 0.6 is 11.3 Å². The monoisotopic (exact) mass is 330 g/mol. The molecule has 1 atom stereocenters. The molecule has 1 aromatic heterocycles. The van der Waals surface area contributed by atoms with Gasteiger partial charge >= 0.3 is 6.36 Å². The topological polar surface area (TPSA) is 64.4 Å². The summed E-state index contributed by atoms with van der Waals surface area (Å²) >= 11 is 1.48. The lowest BCUT2D eigenvalue weighted by atomic mass is 10.1. The molecule has 0 aliphatic rings. The summed E-state index contributed by atoms with van der Waals surface area (Å²) in [6, 6.07) is 7.96. The average Bonchev–Trinajstić information content (AvgIpc) is 2.89. The van der Waals surface area contributed by atoms with Gasteiger partial charge in [-0.2, -0.15) is 0 Å². The molecule has 0 spiro atoms. The average molecular weight is 330 g/mol. The fourth-order valence-corrected chi connectivity index (χ4v) is 2.51. The summed E-state index contributed by atoms with van der Waals surface area (Å²) in [6.45, 7) is 0. The molecule has 0 saturated heterocycles. The Labute approximate surface area is 128 Å². The molecule has 1 unspecified atom stereocenters. The zero-order valence-electron chi connectivity index (χ0n) is 11.3. The van der Waals surface area contributed by atoms with Crippen LogP contribution in [0.5, 0.6) is 5.75 Å². The van der Waals surface area contributed by atoms with E-state index in [0.717, 1.165) is 17.0 Å². The highest BCUT2D eigenvalue weighted by Crippen LogP contribution is 2.25. The van der Waals surface area contributed by atoms with Crippen molar-refractivity contribution in [1.82, 2.24) is 0 Å². The van der Waals surface area contributed by atoms with Crippen LogP contribution in [-0.4, -0.2) is 18.3 Å². The van der Waals surface area contributed by atoms with Crippen molar-refractivity contribution in [3.8, 4) is 5.75 Å². The number of carbonyl (C=O) groups is 1. The van der Waals surface area contributed by atoms with E-state index in [-0.39, 0.29) is 5.69 Å². The Bertz CT molecular complexity index is 629. The van der Waals surface area contributed by atoms with Crippen LogP contribution in [0.1, 0.15) is 4.88 Å². The van der Waals surface area contributed by atoms with Gasteiger partial charge in [0.05, 0.1) is 6.04 Å². The van der Waals surface area contributed by atoms with E-state index in [1.165, 1.54) is 23.5 Å². The highest BCUT2D eigenvalue weighted by molar-refractivity contribution is 7.09. The fraction of sp³-hybridized carbons (Fsp3) is 0.214. The third kappa shape index (κ3) is 5.05. The maximum atomic E-state index is 12.1. The van der Waals surface area contributed by atoms with Gasteiger partial charge in [-0.15, -0.1) is 24.5 Å². The summed E-state index contributed by atoms with van der Waals surface area (Å²) in [5.41, 5.74) is 5.97. The summed E-state index contributed by atoms with van der Waals surface area (Å²) in [5, 5.41) is 4.35. The van der Waals surface area contributed by atoms with Gasteiger partial charge in [0.15, 0.2) is 0 Å². The third-order valence-corrected chi connectivity index (χ3v) is 3.57. The van der Waals surface area contributed by atoms with Crippen molar-refractivity contribution in [3.05, 3.63) is 46.7 Å². The summed E-state index contributed by atoms with van der Waals surface area (Å²) < 4.78 is 40.2. The van der Waals surface area contributed by atoms with Crippen LogP contribution in [0.15, 0.2) is 41.8 Å². The Morgan fingerprint density at radius 3 is 2.73 bits per heavy atom. The first-order chi connectivity index (χ1) is 10.3. The number of benzene rings is 1. The molecule has 0 aliphatic heterocycles. The largest absolute Gasteiger partial charge is 0.573 e. The lowest BCUT2D eigenvalue weighted by Gasteiger charge is -2.13. The minimum absolute atomic E-state index is 0.188. The molecule has 0 radical (unpaired) electrons. The molecule has 0 bridgehead atoms. The fourth-order valence-electron chi connectivity index (χ4n) is 1.74. The molecule has 3 N–H and O–H groups in total. The number of hydrogen-bond acceptors (Lipinski definition) is 4. The van der Waals surface area contributed by atoms with Crippen molar-refractivity contribution >= 4 is 22.9 Å². The number of alkyl halides is 3. The highest BCUT2D eigenvalue weighted by atomic mass is 32.1. The van der Waals surface area contributed by atoms with E-state index in [0.29, 0.717) is 6.42 Å². The van der Waals surface area contributed by atoms with Gasteiger partial charge in [0.25, 0.3) is 0 Å². The van der Waals surface area contributed by atoms with Crippen LogP contribution < -0.4 is 15.8 Å². The van der Waals surface area contributed by atoms with Gasteiger partial charge in [-0.1, -0.05) is 12.1 Å². The molecule has 0 aliphatic carbocycles. The minimum Gasteiger partial charge on any atom is -0.406 e. The van der Waals surface area contributed by atoms with Gasteiger partial charge < -0.3 is 15.8 Å². The van der Waals surface area contributed by atoms with Crippen molar-refractivity contribution in [2.45, 2.75) is 18.8 Å². The molecule has 1 heterocycles. The van der Waals surface area contributed by atoms with Crippen molar-refractivity contribution in [2.24, 2.45) is 5.73 Å². The Hall–Kier alpha value is -2.06. The predicted octanol–water partition coefficient (Wildman–Crippen LogP) is 3.16. The molecule has 1 aromatic carbocycles. The number of halogens is 3. The quantitative estimate of drug-likeness (QED) is 0.885. The summed E-state index contributed by atoms with van der Waals surface area (Å²) in [5.74, 6) is -0.880. The van der Waals surface area contributed by atoms with Crippen LogP contribution in [0.4, 0.5) is 18.9 Å². The molecule has 0 saturated carbocycles. The number of rotatable bonds is 5. The second-order valence-corrected chi connectivity index (χ2v) is 5.49. The van der Waals surface area contributed by atoms with E-state index in [9.17, 15) is 18.0 Å². The standard InChI is InChI=1S/C14H13F3N2O2S/c15-14(16,17)21-10-4-1-3-9(7-10)19-13(20)12(18)8-11-5-2-6-22-11/h1-7,12H,8,18H2,(H,19,20). The molecular weight excluding hydrogens is 317 g/mol. The molecule has 1 amide bonds.